The van der Waals surface area contributed by atoms with Gasteiger partial charge >= 0.3 is 0 Å². The van der Waals surface area contributed by atoms with E-state index in [-0.39, 0.29) is 0 Å². The summed E-state index contributed by atoms with van der Waals surface area (Å²) >= 11 is 0. The Kier molecular flexibility index (Phi) is 3.75. The van der Waals surface area contributed by atoms with Crippen molar-refractivity contribution in [2.75, 3.05) is 13.2 Å². The van der Waals surface area contributed by atoms with E-state index in [1.165, 1.54) is 18.4 Å². The van der Waals surface area contributed by atoms with Gasteiger partial charge in [0.25, 0.3) is 0 Å². The zero-order valence-corrected chi connectivity index (χ0v) is 9.28. The monoisotopic (exact) mass is 209 g/mol. The predicted octanol–water partition coefficient (Wildman–Crippen LogP) is 1.17. The highest BCUT2D eigenvalue weighted by molar-refractivity contribution is 5.03. The van der Waals surface area contributed by atoms with Gasteiger partial charge in [-0.1, -0.05) is 0 Å². The topological polar surface area (TPSA) is 39.1 Å². The van der Waals surface area contributed by atoms with Gasteiger partial charge in [0, 0.05) is 37.5 Å². The third kappa shape index (κ3) is 3.04. The zero-order chi connectivity index (χ0) is 10.5. The van der Waals surface area contributed by atoms with Gasteiger partial charge in [0.15, 0.2) is 0 Å². The highest BCUT2D eigenvalue weighted by Crippen LogP contribution is 2.07. The summed E-state index contributed by atoms with van der Waals surface area (Å²) in [6.07, 6.45) is 6.42. The molecule has 1 atom stereocenters. The first-order chi connectivity index (χ1) is 7.38. The van der Waals surface area contributed by atoms with E-state index >= 15 is 0 Å². The molecule has 1 aromatic rings. The van der Waals surface area contributed by atoms with Gasteiger partial charge in [-0.2, -0.15) is 5.10 Å². The van der Waals surface area contributed by atoms with Crippen LogP contribution in [-0.4, -0.2) is 29.0 Å². The lowest BCUT2D eigenvalue weighted by molar-refractivity contribution is 0.0699. The maximum Gasteiger partial charge on any atom is 0.0619 e. The molecular formula is C11H19N3O. The summed E-state index contributed by atoms with van der Waals surface area (Å²) in [6, 6.07) is 0.517. The molecule has 2 heterocycles. The molecule has 15 heavy (non-hydrogen) atoms. The van der Waals surface area contributed by atoms with Crippen LogP contribution in [0.2, 0.25) is 0 Å². The van der Waals surface area contributed by atoms with Gasteiger partial charge in [-0.15, -0.1) is 0 Å². The summed E-state index contributed by atoms with van der Waals surface area (Å²) in [7, 11) is 0. The van der Waals surface area contributed by atoms with Crippen LogP contribution in [0.5, 0.6) is 0 Å². The van der Waals surface area contributed by atoms with E-state index < -0.39 is 0 Å². The average Bonchev–Trinajstić information content (AvgIpc) is 2.76. The number of nitrogens with one attached hydrogen (secondary N) is 1. The van der Waals surface area contributed by atoms with Gasteiger partial charge in [-0.25, -0.2) is 0 Å². The molecule has 4 heteroatoms. The molecule has 0 saturated carbocycles. The van der Waals surface area contributed by atoms with Gasteiger partial charge in [0.05, 0.1) is 12.8 Å². The Hall–Kier alpha value is -0.870. The van der Waals surface area contributed by atoms with Crippen LogP contribution in [0.1, 0.15) is 25.3 Å². The van der Waals surface area contributed by atoms with Crippen molar-refractivity contribution in [3.63, 3.8) is 0 Å². The van der Waals surface area contributed by atoms with E-state index in [0.29, 0.717) is 6.04 Å². The summed E-state index contributed by atoms with van der Waals surface area (Å²) < 4.78 is 7.37. The lowest BCUT2D eigenvalue weighted by Gasteiger charge is -2.22. The van der Waals surface area contributed by atoms with Crippen molar-refractivity contribution in [2.24, 2.45) is 0 Å². The van der Waals surface area contributed by atoms with E-state index in [1.54, 1.807) is 0 Å². The van der Waals surface area contributed by atoms with Crippen molar-refractivity contribution in [3.05, 3.63) is 18.0 Å². The molecule has 0 radical (unpaired) electrons. The van der Waals surface area contributed by atoms with Crippen LogP contribution in [-0.2, 0) is 17.8 Å². The molecular weight excluding hydrogens is 190 g/mol. The Labute approximate surface area is 90.6 Å². The van der Waals surface area contributed by atoms with Crippen molar-refractivity contribution >= 4 is 0 Å². The SMILES string of the molecule is CCn1cc(CNC2CCCOC2)cn1. The number of hydrogen-bond donors (Lipinski definition) is 1. The average molecular weight is 209 g/mol. The fourth-order valence-corrected chi connectivity index (χ4v) is 1.83. The molecule has 1 aromatic heterocycles. The number of hydrogen-bond acceptors (Lipinski definition) is 3. The normalized spacial score (nSPS) is 21.8. The van der Waals surface area contributed by atoms with E-state index in [1.807, 2.05) is 10.9 Å². The second-order valence-electron chi connectivity index (χ2n) is 4.00. The van der Waals surface area contributed by atoms with Gasteiger partial charge in [-0.3, -0.25) is 4.68 Å². The van der Waals surface area contributed by atoms with E-state index in [0.717, 1.165) is 26.3 Å². The molecule has 0 bridgehead atoms. The maximum atomic E-state index is 5.41. The molecule has 0 amide bonds. The standard InChI is InChI=1S/C11H19N3O/c1-2-14-8-10(7-13-14)6-12-11-4-3-5-15-9-11/h7-8,11-12H,2-6,9H2,1H3. The molecule has 1 aliphatic rings. The molecule has 84 valence electrons. The largest absolute Gasteiger partial charge is 0.380 e. The molecule has 2 rings (SSSR count). The Balaban J connectivity index is 1.76. The van der Waals surface area contributed by atoms with Crippen LogP contribution >= 0.6 is 0 Å². The Morgan fingerprint density at radius 2 is 2.60 bits per heavy atom. The highest BCUT2D eigenvalue weighted by atomic mass is 16.5. The molecule has 1 fully saturated rings. The molecule has 0 aliphatic carbocycles. The molecule has 1 saturated heterocycles. The smallest absolute Gasteiger partial charge is 0.0619 e. The number of aromatic nitrogens is 2. The summed E-state index contributed by atoms with van der Waals surface area (Å²) in [5, 5.41) is 7.74. The van der Waals surface area contributed by atoms with Crippen molar-refractivity contribution < 1.29 is 4.74 Å². The fraction of sp³-hybridized carbons (Fsp3) is 0.727. The number of nitrogens with zero attached hydrogens (tertiary/aromatic N) is 2. The van der Waals surface area contributed by atoms with E-state index in [2.05, 4.69) is 23.5 Å². The lowest BCUT2D eigenvalue weighted by atomic mass is 10.1. The molecule has 0 spiro atoms. The van der Waals surface area contributed by atoms with Crippen LogP contribution in [0, 0.1) is 0 Å². The third-order valence-corrected chi connectivity index (χ3v) is 2.77. The minimum absolute atomic E-state index is 0.517. The minimum atomic E-state index is 0.517. The predicted molar refractivity (Wildman–Crippen MR) is 58.6 cm³/mol. The second kappa shape index (κ2) is 5.28. The Bertz CT molecular complexity index is 292. The van der Waals surface area contributed by atoms with E-state index in [4.69, 9.17) is 4.74 Å². The molecule has 1 unspecified atom stereocenters. The van der Waals surface area contributed by atoms with Gasteiger partial charge < -0.3 is 10.1 Å². The Morgan fingerprint density at radius 1 is 1.67 bits per heavy atom. The van der Waals surface area contributed by atoms with Gasteiger partial charge in [0.1, 0.15) is 0 Å². The van der Waals surface area contributed by atoms with Crippen LogP contribution in [0.25, 0.3) is 0 Å². The van der Waals surface area contributed by atoms with Crippen molar-refractivity contribution in [1.82, 2.24) is 15.1 Å². The van der Waals surface area contributed by atoms with Crippen molar-refractivity contribution in [3.8, 4) is 0 Å². The van der Waals surface area contributed by atoms with Crippen molar-refractivity contribution in [2.45, 2.75) is 38.9 Å². The quantitative estimate of drug-likeness (QED) is 0.809. The van der Waals surface area contributed by atoms with Gasteiger partial charge in [0.2, 0.25) is 0 Å². The summed E-state index contributed by atoms with van der Waals surface area (Å²) in [5.74, 6) is 0. The van der Waals surface area contributed by atoms with Gasteiger partial charge in [-0.05, 0) is 19.8 Å². The minimum Gasteiger partial charge on any atom is -0.380 e. The second-order valence-corrected chi connectivity index (χ2v) is 4.00. The lowest BCUT2D eigenvalue weighted by Crippen LogP contribution is -2.36. The molecule has 1 aliphatic heterocycles. The fourth-order valence-electron chi connectivity index (χ4n) is 1.83. The first-order valence-electron chi connectivity index (χ1n) is 5.71. The molecule has 0 aromatic carbocycles. The molecule has 1 N–H and O–H groups in total. The number of rotatable bonds is 4. The first kappa shape index (κ1) is 10.6. The number of aryl methyl sites for hydroxylation is 1. The van der Waals surface area contributed by atoms with Crippen LogP contribution in [0.4, 0.5) is 0 Å². The summed E-state index contributed by atoms with van der Waals surface area (Å²) in [6.45, 7) is 5.70. The highest BCUT2D eigenvalue weighted by Gasteiger charge is 2.12. The number of ether oxygens (including phenoxy) is 1. The van der Waals surface area contributed by atoms with E-state index in [9.17, 15) is 0 Å². The zero-order valence-electron chi connectivity index (χ0n) is 9.28. The van der Waals surface area contributed by atoms with Crippen molar-refractivity contribution in [1.29, 1.82) is 0 Å². The third-order valence-electron chi connectivity index (χ3n) is 2.77. The van der Waals surface area contributed by atoms with Crippen LogP contribution in [0.3, 0.4) is 0 Å². The van der Waals surface area contributed by atoms with Crippen LogP contribution < -0.4 is 5.32 Å². The van der Waals surface area contributed by atoms with Crippen LogP contribution in [0.15, 0.2) is 12.4 Å². The first-order valence-corrected chi connectivity index (χ1v) is 5.71. The Morgan fingerprint density at radius 3 is 3.27 bits per heavy atom. The summed E-state index contributed by atoms with van der Waals surface area (Å²) in [5.41, 5.74) is 1.25. The summed E-state index contributed by atoms with van der Waals surface area (Å²) in [4.78, 5) is 0. The molecule has 4 nitrogen and oxygen atoms in total. The maximum absolute atomic E-state index is 5.41.